The molecule has 1 aliphatic carbocycles. The van der Waals surface area contributed by atoms with Gasteiger partial charge in [0.2, 0.25) is 5.90 Å². The standard InChI is InChI=1S/C17H21NO3/c1-19-11-13-14(12-7-3-2-4-8-12)20-16(18-13)15-17(21-15)9-5-6-10-17/h2-4,7-8,13-15H,5-6,9-11H2,1H3/t13-,14-,15?/m0/s1. The number of methoxy groups -OCH3 is 1. The maximum absolute atomic E-state index is 6.17. The lowest BCUT2D eigenvalue weighted by atomic mass is 10.0. The molecular weight excluding hydrogens is 266 g/mol. The molecule has 2 fully saturated rings. The SMILES string of the molecule is COC[C@@H]1N=C(C2OC23CCCC3)O[C@H]1c1ccccc1. The summed E-state index contributed by atoms with van der Waals surface area (Å²) in [6.07, 6.45) is 4.83. The highest BCUT2D eigenvalue weighted by atomic mass is 16.6. The Labute approximate surface area is 125 Å². The molecule has 2 aliphatic heterocycles. The number of rotatable bonds is 4. The van der Waals surface area contributed by atoms with Gasteiger partial charge < -0.3 is 14.2 Å². The van der Waals surface area contributed by atoms with Gasteiger partial charge in [0.1, 0.15) is 17.7 Å². The Morgan fingerprint density at radius 3 is 2.71 bits per heavy atom. The summed E-state index contributed by atoms with van der Waals surface area (Å²) < 4.78 is 17.4. The Hall–Kier alpha value is -1.39. The lowest BCUT2D eigenvalue weighted by Gasteiger charge is -2.17. The first-order valence-electron chi connectivity index (χ1n) is 7.78. The Morgan fingerprint density at radius 1 is 1.24 bits per heavy atom. The first-order chi connectivity index (χ1) is 10.3. The zero-order valence-electron chi connectivity index (χ0n) is 12.3. The van der Waals surface area contributed by atoms with E-state index < -0.39 is 0 Å². The van der Waals surface area contributed by atoms with Crippen molar-refractivity contribution in [2.24, 2.45) is 4.99 Å². The minimum Gasteiger partial charge on any atom is -0.468 e. The molecule has 112 valence electrons. The Morgan fingerprint density at radius 2 is 2.00 bits per heavy atom. The van der Waals surface area contributed by atoms with Gasteiger partial charge in [0, 0.05) is 7.11 Å². The second kappa shape index (κ2) is 5.11. The molecule has 0 aromatic heterocycles. The quantitative estimate of drug-likeness (QED) is 0.800. The van der Waals surface area contributed by atoms with Crippen molar-refractivity contribution in [1.82, 2.24) is 0 Å². The van der Waals surface area contributed by atoms with Gasteiger partial charge in [-0.05, 0) is 18.4 Å². The van der Waals surface area contributed by atoms with E-state index in [2.05, 4.69) is 12.1 Å². The van der Waals surface area contributed by atoms with Crippen LogP contribution in [0.25, 0.3) is 0 Å². The van der Waals surface area contributed by atoms with Crippen LogP contribution in [0.4, 0.5) is 0 Å². The average molecular weight is 287 g/mol. The van der Waals surface area contributed by atoms with Crippen LogP contribution in [0, 0.1) is 0 Å². The van der Waals surface area contributed by atoms with E-state index in [1.807, 2.05) is 18.2 Å². The van der Waals surface area contributed by atoms with E-state index in [4.69, 9.17) is 19.2 Å². The molecule has 1 spiro atoms. The molecule has 3 aliphatic rings. The second-order valence-electron chi connectivity index (χ2n) is 6.21. The zero-order valence-corrected chi connectivity index (χ0v) is 12.3. The third-order valence-electron chi connectivity index (χ3n) is 4.80. The third kappa shape index (κ3) is 2.27. The fourth-order valence-corrected chi connectivity index (χ4v) is 3.66. The monoisotopic (exact) mass is 287 g/mol. The normalized spacial score (nSPS) is 33.0. The second-order valence-corrected chi connectivity index (χ2v) is 6.21. The van der Waals surface area contributed by atoms with E-state index in [1.165, 1.54) is 12.8 Å². The predicted octanol–water partition coefficient (Wildman–Crippen LogP) is 2.88. The van der Waals surface area contributed by atoms with Gasteiger partial charge >= 0.3 is 0 Å². The molecule has 3 atom stereocenters. The van der Waals surface area contributed by atoms with E-state index in [0.29, 0.717) is 6.61 Å². The average Bonchev–Trinajstić information content (AvgIpc) is 2.86. The van der Waals surface area contributed by atoms with Gasteiger partial charge in [0.25, 0.3) is 0 Å². The van der Waals surface area contributed by atoms with E-state index >= 15 is 0 Å². The van der Waals surface area contributed by atoms with Crippen molar-refractivity contribution in [1.29, 1.82) is 0 Å². The van der Waals surface area contributed by atoms with Gasteiger partial charge in [-0.25, -0.2) is 4.99 Å². The molecule has 4 nitrogen and oxygen atoms in total. The van der Waals surface area contributed by atoms with Crippen LogP contribution < -0.4 is 0 Å². The fourth-order valence-electron chi connectivity index (χ4n) is 3.66. The first-order valence-corrected chi connectivity index (χ1v) is 7.78. The van der Waals surface area contributed by atoms with Crippen molar-refractivity contribution in [3.8, 4) is 0 Å². The number of ether oxygens (including phenoxy) is 3. The van der Waals surface area contributed by atoms with Crippen molar-refractivity contribution in [3.05, 3.63) is 35.9 Å². The van der Waals surface area contributed by atoms with Crippen LogP contribution in [-0.2, 0) is 14.2 Å². The minimum atomic E-state index is -0.0520. The van der Waals surface area contributed by atoms with Crippen LogP contribution in [0.5, 0.6) is 0 Å². The van der Waals surface area contributed by atoms with Crippen LogP contribution in [0.15, 0.2) is 35.3 Å². The van der Waals surface area contributed by atoms with Crippen LogP contribution >= 0.6 is 0 Å². The van der Waals surface area contributed by atoms with Gasteiger partial charge in [-0.15, -0.1) is 0 Å². The number of epoxide rings is 1. The number of hydrogen-bond donors (Lipinski definition) is 0. The molecule has 1 saturated heterocycles. The van der Waals surface area contributed by atoms with E-state index in [-0.39, 0.29) is 23.9 Å². The predicted molar refractivity (Wildman–Crippen MR) is 79.4 cm³/mol. The summed E-state index contributed by atoms with van der Waals surface area (Å²) in [6.45, 7) is 0.572. The summed E-state index contributed by atoms with van der Waals surface area (Å²) in [6, 6.07) is 10.3. The van der Waals surface area contributed by atoms with Crippen molar-refractivity contribution in [2.75, 3.05) is 13.7 Å². The van der Waals surface area contributed by atoms with Gasteiger partial charge in [0.05, 0.1) is 6.61 Å². The van der Waals surface area contributed by atoms with Crippen LogP contribution in [0.3, 0.4) is 0 Å². The molecule has 1 aromatic carbocycles. The number of hydrogen-bond acceptors (Lipinski definition) is 4. The first kappa shape index (κ1) is 13.3. The Bertz CT molecular complexity index is 536. The van der Waals surface area contributed by atoms with E-state index in [0.717, 1.165) is 24.3 Å². The fraction of sp³-hybridized carbons (Fsp3) is 0.588. The topological polar surface area (TPSA) is 43.3 Å². The molecule has 1 aromatic rings. The molecule has 1 unspecified atom stereocenters. The summed E-state index contributed by atoms with van der Waals surface area (Å²) >= 11 is 0. The van der Waals surface area contributed by atoms with Crippen molar-refractivity contribution in [2.45, 2.75) is 49.5 Å². The molecule has 21 heavy (non-hydrogen) atoms. The molecular formula is C17H21NO3. The summed E-state index contributed by atoms with van der Waals surface area (Å²) in [5.41, 5.74) is 1.20. The summed E-state index contributed by atoms with van der Waals surface area (Å²) in [7, 11) is 1.71. The van der Waals surface area contributed by atoms with Crippen LogP contribution in [0.2, 0.25) is 0 Å². The van der Waals surface area contributed by atoms with Crippen molar-refractivity contribution >= 4 is 5.90 Å². The maximum Gasteiger partial charge on any atom is 0.217 e. The molecule has 4 heteroatoms. The summed E-state index contributed by atoms with van der Waals surface area (Å²) in [5.74, 6) is 0.785. The molecule has 0 bridgehead atoms. The molecule has 0 radical (unpaired) electrons. The van der Waals surface area contributed by atoms with E-state index in [1.54, 1.807) is 7.11 Å². The Kier molecular flexibility index (Phi) is 3.23. The summed E-state index contributed by atoms with van der Waals surface area (Å²) in [4.78, 5) is 4.76. The number of aliphatic imine (C=N–C) groups is 1. The molecule has 4 rings (SSSR count). The highest BCUT2D eigenvalue weighted by molar-refractivity contribution is 5.86. The van der Waals surface area contributed by atoms with Crippen LogP contribution in [0.1, 0.15) is 37.4 Å². The molecule has 2 heterocycles. The van der Waals surface area contributed by atoms with Gasteiger partial charge in [-0.3, -0.25) is 0 Å². The van der Waals surface area contributed by atoms with Crippen molar-refractivity contribution < 1.29 is 14.2 Å². The summed E-state index contributed by atoms with van der Waals surface area (Å²) in [5, 5.41) is 0. The Balaban J connectivity index is 1.53. The van der Waals surface area contributed by atoms with Crippen LogP contribution in [-0.4, -0.2) is 37.4 Å². The smallest absolute Gasteiger partial charge is 0.217 e. The van der Waals surface area contributed by atoms with Gasteiger partial charge in [-0.2, -0.15) is 0 Å². The molecule has 0 amide bonds. The maximum atomic E-state index is 6.17. The highest BCUT2D eigenvalue weighted by Gasteiger charge is 2.62. The zero-order chi connectivity index (χ0) is 14.3. The van der Waals surface area contributed by atoms with Crippen molar-refractivity contribution in [3.63, 3.8) is 0 Å². The molecule has 1 saturated carbocycles. The lowest BCUT2D eigenvalue weighted by molar-refractivity contribution is 0.118. The highest BCUT2D eigenvalue weighted by Crippen LogP contribution is 2.51. The number of nitrogens with zero attached hydrogens (tertiary/aromatic N) is 1. The molecule has 0 N–H and O–H groups in total. The largest absolute Gasteiger partial charge is 0.468 e. The van der Waals surface area contributed by atoms with Gasteiger partial charge in [-0.1, -0.05) is 43.2 Å². The lowest BCUT2D eigenvalue weighted by Crippen LogP contribution is -2.20. The minimum absolute atomic E-state index is 0.0232. The third-order valence-corrected chi connectivity index (χ3v) is 4.80. The number of benzene rings is 1. The van der Waals surface area contributed by atoms with Gasteiger partial charge in [0.15, 0.2) is 6.10 Å². The van der Waals surface area contributed by atoms with E-state index in [9.17, 15) is 0 Å².